The third-order valence-corrected chi connectivity index (χ3v) is 8.02. The molecule has 194 valence electrons. The number of imidazole rings is 1. The molecule has 11 heteroatoms. The molecule has 1 fully saturated rings. The molecule has 2 heterocycles. The van der Waals surface area contributed by atoms with Crippen LogP contribution in [0, 0.1) is 6.92 Å². The van der Waals surface area contributed by atoms with Gasteiger partial charge in [-0.15, -0.1) is 0 Å². The second kappa shape index (κ2) is 10.3. The van der Waals surface area contributed by atoms with Gasteiger partial charge in [0.2, 0.25) is 5.95 Å². The van der Waals surface area contributed by atoms with Crippen LogP contribution in [0.1, 0.15) is 38.2 Å². The first-order valence-corrected chi connectivity index (χ1v) is 13.9. The summed E-state index contributed by atoms with van der Waals surface area (Å²) < 4.78 is 30.0. The number of sulfonamides is 1. The molecule has 0 bridgehead atoms. The number of hydrogen-bond donors (Lipinski definition) is 4. The summed E-state index contributed by atoms with van der Waals surface area (Å²) in [5.41, 5.74) is 3.46. The molecule has 37 heavy (non-hydrogen) atoms. The van der Waals surface area contributed by atoms with E-state index in [0.717, 1.165) is 49.1 Å². The van der Waals surface area contributed by atoms with Crippen LogP contribution in [0.5, 0.6) is 0 Å². The zero-order chi connectivity index (χ0) is 26.0. The number of fused-ring (bicyclic) bond motifs is 1. The number of aromatic nitrogens is 4. The predicted octanol–water partition coefficient (Wildman–Crippen LogP) is 4.41. The minimum absolute atomic E-state index is 0.199. The molecule has 0 unspecified atom stereocenters. The third-order valence-electron chi connectivity index (χ3n) is 6.62. The molecule has 1 aliphatic carbocycles. The van der Waals surface area contributed by atoms with E-state index in [2.05, 4.69) is 20.3 Å². The van der Waals surface area contributed by atoms with Crippen molar-refractivity contribution in [1.82, 2.24) is 19.5 Å². The normalized spacial score (nSPS) is 18.0. The Labute approximate surface area is 216 Å². The van der Waals surface area contributed by atoms with Crippen LogP contribution in [0.2, 0.25) is 0 Å². The third kappa shape index (κ3) is 5.52. The van der Waals surface area contributed by atoms with Crippen LogP contribution in [0.15, 0.2) is 59.8 Å². The molecule has 0 aliphatic heterocycles. The minimum Gasteiger partial charge on any atom is -0.393 e. The summed E-state index contributed by atoms with van der Waals surface area (Å²) in [7, 11) is -3.68. The Hall–Kier alpha value is -3.70. The summed E-state index contributed by atoms with van der Waals surface area (Å²) in [6.07, 6.45) is 4.76. The van der Waals surface area contributed by atoms with Crippen molar-refractivity contribution >= 4 is 44.3 Å². The highest BCUT2D eigenvalue weighted by Crippen LogP contribution is 2.29. The summed E-state index contributed by atoms with van der Waals surface area (Å²) in [5.74, 6) is 1.08. The Morgan fingerprint density at radius 1 is 1.05 bits per heavy atom. The molecule has 4 aromatic rings. The molecule has 0 spiro atoms. The van der Waals surface area contributed by atoms with Crippen molar-refractivity contribution in [2.75, 3.05) is 15.4 Å². The highest BCUT2D eigenvalue weighted by Gasteiger charge is 2.22. The lowest BCUT2D eigenvalue weighted by Gasteiger charge is -2.26. The van der Waals surface area contributed by atoms with Gasteiger partial charge in [-0.3, -0.25) is 4.72 Å². The fourth-order valence-corrected chi connectivity index (χ4v) is 5.61. The number of nitrogens with zero attached hydrogens (tertiary/aromatic N) is 4. The molecule has 10 nitrogen and oxygen atoms in total. The second-order valence-electron chi connectivity index (χ2n) is 9.32. The van der Waals surface area contributed by atoms with Gasteiger partial charge in [0.05, 0.1) is 17.3 Å². The zero-order valence-electron chi connectivity index (χ0n) is 20.8. The fourth-order valence-electron chi connectivity index (χ4n) is 4.54. The van der Waals surface area contributed by atoms with E-state index in [1.54, 1.807) is 48.8 Å². The largest absolute Gasteiger partial charge is 0.393 e. The highest BCUT2D eigenvalue weighted by atomic mass is 32.2. The van der Waals surface area contributed by atoms with Crippen LogP contribution in [0.3, 0.4) is 0 Å². The van der Waals surface area contributed by atoms with Crippen LogP contribution in [0.4, 0.5) is 23.1 Å². The van der Waals surface area contributed by atoms with Crippen LogP contribution in [-0.2, 0) is 16.6 Å². The summed E-state index contributed by atoms with van der Waals surface area (Å²) in [4.78, 5) is 14.2. The van der Waals surface area contributed by atoms with Crippen LogP contribution >= 0.6 is 0 Å². The molecule has 2 aromatic carbocycles. The van der Waals surface area contributed by atoms with Gasteiger partial charge in [-0.1, -0.05) is 18.2 Å². The molecule has 1 saturated carbocycles. The van der Waals surface area contributed by atoms with Crippen LogP contribution < -0.4 is 15.4 Å². The van der Waals surface area contributed by atoms with Crippen LogP contribution in [0.25, 0.3) is 11.2 Å². The Kier molecular flexibility index (Phi) is 6.98. The summed E-state index contributed by atoms with van der Waals surface area (Å²) >= 11 is 0. The number of hydrogen-bond acceptors (Lipinski definition) is 8. The Bertz CT molecular complexity index is 1500. The highest BCUT2D eigenvalue weighted by molar-refractivity contribution is 7.92. The maximum Gasteiger partial charge on any atom is 0.261 e. The topological polar surface area (TPSA) is 134 Å². The van der Waals surface area contributed by atoms with E-state index in [-0.39, 0.29) is 17.0 Å². The lowest BCUT2D eigenvalue weighted by molar-refractivity contribution is 0.126. The first-order chi connectivity index (χ1) is 17.8. The van der Waals surface area contributed by atoms with E-state index in [1.807, 2.05) is 24.5 Å². The quantitative estimate of drug-likeness (QED) is 0.268. The molecule has 0 saturated heterocycles. The van der Waals surface area contributed by atoms with E-state index in [1.165, 1.54) is 0 Å². The molecule has 0 atom stereocenters. The summed E-state index contributed by atoms with van der Waals surface area (Å²) in [5, 5.41) is 16.6. The fraction of sp³-hybridized carbons (Fsp3) is 0.346. The average molecular weight is 522 g/mol. The molecule has 4 N–H and O–H groups in total. The number of benzene rings is 2. The lowest BCUT2D eigenvalue weighted by atomic mass is 9.93. The summed E-state index contributed by atoms with van der Waals surface area (Å²) in [6, 6.07) is 13.8. The van der Waals surface area contributed by atoms with Crippen molar-refractivity contribution < 1.29 is 13.5 Å². The number of aliphatic hydroxyl groups is 1. The van der Waals surface area contributed by atoms with Gasteiger partial charge in [0.25, 0.3) is 10.0 Å². The molecule has 5 rings (SSSR count). The Balaban J connectivity index is 1.41. The van der Waals surface area contributed by atoms with Crippen molar-refractivity contribution in [2.24, 2.45) is 0 Å². The molecule has 1 aliphatic rings. The first kappa shape index (κ1) is 25.0. The minimum atomic E-state index is -3.68. The molecule has 0 amide bonds. The van der Waals surface area contributed by atoms with Gasteiger partial charge in [0.1, 0.15) is 0 Å². The van der Waals surface area contributed by atoms with Gasteiger partial charge in [-0.2, -0.15) is 9.97 Å². The van der Waals surface area contributed by atoms with Crippen molar-refractivity contribution in [3.8, 4) is 0 Å². The van der Waals surface area contributed by atoms with Crippen molar-refractivity contribution in [3.63, 3.8) is 0 Å². The monoisotopic (exact) mass is 521 g/mol. The Morgan fingerprint density at radius 3 is 2.51 bits per heavy atom. The lowest BCUT2D eigenvalue weighted by Crippen LogP contribution is -2.29. The molecular weight excluding hydrogens is 490 g/mol. The van der Waals surface area contributed by atoms with Gasteiger partial charge in [-0.05, 0) is 75.4 Å². The number of aryl methyl sites for hydroxylation is 2. The SMILES string of the molecule is CCn1cnc2c(Nc3ccc(NS(=O)(=O)c4ccccc4)cc3C)nc(NC3CCC(O)CC3)nc21. The van der Waals surface area contributed by atoms with E-state index >= 15 is 0 Å². The van der Waals surface area contributed by atoms with Crippen LogP contribution in [-0.4, -0.2) is 45.2 Å². The smallest absolute Gasteiger partial charge is 0.261 e. The van der Waals surface area contributed by atoms with Crippen molar-refractivity contribution in [3.05, 3.63) is 60.4 Å². The predicted molar refractivity (Wildman–Crippen MR) is 145 cm³/mol. The average Bonchev–Trinajstić information content (AvgIpc) is 3.31. The van der Waals surface area contributed by atoms with E-state index in [9.17, 15) is 13.5 Å². The van der Waals surface area contributed by atoms with Gasteiger partial charge in [0.15, 0.2) is 17.0 Å². The van der Waals surface area contributed by atoms with E-state index < -0.39 is 10.0 Å². The Morgan fingerprint density at radius 2 is 1.81 bits per heavy atom. The van der Waals surface area contributed by atoms with Crippen molar-refractivity contribution in [2.45, 2.75) is 63.1 Å². The first-order valence-electron chi connectivity index (χ1n) is 12.5. The molecule has 0 radical (unpaired) electrons. The number of anilines is 4. The molecule has 2 aromatic heterocycles. The number of nitrogens with one attached hydrogen (secondary N) is 3. The summed E-state index contributed by atoms with van der Waals surface area (Å²) in [6.45, 7) is 4.65. The van der Waals surface area contributed by atoms with E-state index in [4.69, 9.17) is 9.97 Å². The van der Waals surface area contributed by atoms with Gasteiger partial charge in [0, 0.05) is 24.0 Å². The molecular formula is C26H31N7O3S. The van der Waals surface area contributed by atoms with Gasteiger partial charge < -0.3 is 20.3 Å². The number of rotatable bonds is 8. The van der Waals surface area contributed by atoms with E-state index in [0.29, 0.717) is 23.0 Å². The zero-order valence-corrected chi connectivity index (χ0v) is 21.7. The maximum atomic E-state index is 12.7. The van der Waals surface area contributed by atoms with Gasteiger partial charge in [-0.25, -0.2) is 13.4 Å². The van der Waals surface area contributed by atoms with Gasteiger partial charge >= 0.3 is 0 Å². The van der Waals surface area contributed by atoms with Crippen molar-refractivity contribution in [1.29, 1.82) is 0 Å². The second-order valence-corrected chi connectivity index (χ2v) is 11.0. The maximum absolute atomic E-state index is 12.7. The number of aliphatic hydroxyl groups excluding tert-OH is 1. The standard InChI is InChI=1S/C26H31N7O3S/c1-3-33-16-27-23-24(30-26(31-25(23)33)28-18-9-12-20(34)13-10-18)29-22-14-11-19(15-17(22)2)32-37(35,36)21-7-5-4-6-8-21/h4-8,11,14-16,18,20,32,34H,3,9-10,12-13H2,1-2H3,(H2,28,29,30,31).